The highest BCUT2D eigenvalue weighted by Gasteiger charge is 2.18. The summed E-state index contributed by atoms with van der Waals surface area (Å²) >= 11 is 0. The molecule has 0 aromatic heterocycles. The Labute approximate surface area is 145 Å². The van der Waals surface area contributed by atoms with Gasteiger partial charge in [-0.05, 0) is 28.8 Å². The van der Waals surface area contributed by atoms with Gasteiger partial charge in [0.25, 0.3) is 0 Å². The van der Waals surface area contributed by atoms with E-state index in [4.69, 9.17) is 4.74 Å². The van der Waals surface area contributed by atoms with Crippen LogP contribution in [0.2, 0.25) is 0 Å². The normalized spacial score (nSPS) is 13.5. The largest absolute Gasteiger partial charge is 0.493 e. The molecule has 1 aliphatic heterocycles. The third-order valence-electron chi connectivity index (χ3n) is 4.06. The van der Waals surface area contributed by atoms with E-state index >= 15 is 0 Å². The van der Waals surface area contributed by atoms with E-state index in [1.165, 1.54) is 0 Å². The van der Waals surface area contributed by atoms with Crippen molar-refractivity contribution >= 4 is 11.8 Å². The quantitative estimate of drug-likeness (QED) is 0.711. The van der Waals surface area contributed by atoms with Gasteiger partial charge in [-0.2, -0.15) is 0 Å². The van der Waals surface area contributed by atoms with Crippen LogP contribution in [0.15, 0.2) is 48.5 Å². The van der Waals surface area contributed by atoms with Crippen LogP contribution in [0.1, 0.15) is 22.8 Å². The molecule has 0 bridgehead atoms. The lowest BCUT2D eigenvalue weighted by Crippen LogP contribution is -2.41. The number of aliphatic hydroxyl groups is 1. The molecule has 3 N–H and O–H groups in total. The van der Waals surface area contributed by atoms with Crippen LogP contribution in [-0.4, -0.2) is 30.1 Å². The minimum absolute atomic E-state index is 0.0305. The van der Waals surface area contributed by atoms with Crippen molar-refractivity contribution in [1.82, 2.24) is 10.6 Å². The van der Waals surface area contributed by atoms with Gasteiger partial charge in [-0.3, -0.25) is 9.59 Å². The SMILES string of the molecule is O=C(NCc1ccccc1)C(=O)NCC(O)c1ccc2c(c1)CCO2. The van der Waals surface area contributed by atoms with Crippen molar-refractivity contribution in [2.45, 2.75) is 19.1 Å². The monoisotopic (exact) mass is 340 g/mol. The molecule has 1 heterocycles. The Balaban J connectivity index is 1.47. The van der Waals surface area contributed by atoms with Crippen LogP contribution in [0.5, 0.6) is 5.75 Å². The van der Waals surface area contributed by atoms with Crippen molar-refractivity contribution in [3.63, 3.8) is 0 Å². The highest BCUT2D eigenvalue weighted by molar-refractivity contribution is 6.35. The maximum absolute atomic E-state index is 11.8. The number of nitrogens with one attached hydrogen (secondary N) is 2. The van der Waals surface area contributed by atoms with Crippen LogP contribution < -0.4 is 15.4 Å². The van der Waals surface area contributed by atoms with E-state index in [0.717, 1.165) is 23.3 Å². The number of fused-ring (bicyclic) bond motifs is 1. The van der Waals surface area contributed by atoms with E-state index in [1.54, 1.807) is 6.07 Å². The summed E-state index contributed by atoms with van der Waals surface area (Å²) in [5.74, 6) is -0.654. The molecule has 0 spiro atoms. The van der Waals surface area contributed by atoms with E-state index in [2.05, 4.69) is 10.6 Å². The van der Waals surface area contributed by atoms with Gasteiger partial charge in [0.1, 0.15) is 5.75 Å². The molecule has 25 heavy (non-hydrogen) atoms. The molecule has 2 amide bonds. The number of hydrogen-bond donors (Lipinski definition) is 3. The van der Waals surface area contributed by atoms with E-state index in [0.29, 0.717) is 12.2 Å². The number of rotatable bonds is 5. The van der Waals surface area contributed by atoms with Crippen molar-refractivity contribution < 1.29 is 19.4 Å². The predicted octanol–water partition coefficient (Wildman–Crippen LogP) is 1.09. The molecule has 1 atom stereocenters. The van der Waals surface area contributed by atoms with Gasteiger partial charge in [0.15, 0.2) is 0 Å². The van der Waals surface area contributed by atoms with Gasteiger partial charge in [-0.25, -0.2) is 0 Å². The molecule has 6 nitrogen and oxygen atoms in total. The lowest BCUT2D eigenvalue weighted by molar-refractivity contribution is -0.139. The zero-order chi connectivity index (χ0) is 17.6. The number of carbonyl (C=O) groups excluding carboxylic acids is 2. The Hall–Kier alpha value is -2.86. The molecule has 1 aliphatic rings. The summed E-state index contributed by atoms with van der Waals surface area (Å²) in [5, 5.41) is 15.2. The van der Waals surface area contributed by atoms with Gasteiger partial charge >= 0.3 is 11.8 Å². The molecule has 1 unspecified atom stereocenters. The molecule has 2 aromatic rings. The number of benzene rings is 2. The summed E-state index contributed by atoms with van der Waals surface area (Å²) in [6.45, 7) is 0.894. The minimum atomic E-state index is -0.878. The second-order valence-corrected chi connectivity index (χ2v) is 5.86. The lowest BCUT2D eigenvalue weighted by atomic mass is 10.0. The fourth-order valence-electron chi connectivity index (χ4n) is 2.66. The first-order valence-corrected chi connectivity index (χ1v) is 8.17. The average molecular weight is 340 g/mol. The minimum Gasteiger partial charge on any atom is -0.493 e. The Kier molecular flexibility index (Phi) is 5.30. The second kappa shape index (κ2) is 7.81. The third-order valence-corrected chi connectivity index (χ3v) is 4.06. The van der Waals surface area contributed by atoms with E-state index in [-0.39, 0.29) is 13.1 Å². The van der Waals surface area contributed by atoms with Crippen molar-refractivity contribution in [3.8, 4) is 5.75 Å². The molecule has 0 fully saturated rings. The summed E-state index contributed by atoms with van der Waals surface area (Å²) in [7, 11) is 0. The van der Waals surface area contributed by atoms with E-state index < -0.39 is 17.9 Å². The van der Waals surface area contributed by atoms with Crippen LogP contribution in [0, 0.1) is 0 Å². The van der Waals surface area contributed by atoms with E-state index in [1.807, 2.05) is 42.5 Å². The predicted molar refractivity (Wildman–Crippen MR) is 91.9 cm³/mol. The van der Waals surface area contributed by atoms with Crippen molar-refractivity contribution in [3.05, 3.63) is 65.2 Å². The van der Waals surface area contributed by atoms with Gasteiger partial charge in [0.2, 0.25) is 0 Å². The maximum atomic E-state index is 11.8. The van der Waals surface area contributed by atoms with Crippen molar-refractivity contribution in [1.29, 1.82) is 0 Å². The van der Waals surface area contributed by atoms with E-state index in [9.17, 15) is 14.7 Å². The molecule has 0 saturated heterocycles. The van der Waals surface area contributed by atoms with Crippen LogP contribution in [0.4, 0.5) is 0 Å². The van der Waals surface area contributed by atoms with Crippen molar-refractivity contribution in [2.75, 3.05) is 13.2 Å². The molecule has 0 saturated carbocycles. The summed E-state index contributed by atoms with van der Waals surface area (Å²) in [6.07, 6.45) is -0.0683. The van der Waals surface area contributed by atoms with Gasteiger partial charge in [0.05, 0.1) is 12.7 Å². The van der Waals surface area contributed by atoms with Gasteiger partial charge in [-0.1, -0.05) is 36.4 Å². The van der Waals surface area contributed by atoms with Gasteiger partial charge in [0, 0.05) is 19.5 Å². The smallest absolute Gasteiger partial charge is 0.309 e. The highest BCUT2D eigenvalue weighted by atomic mass is 16.5. The number of amides is 2. The molecule has 6 heteroatoms. The molecule has 3 rings (SSSR count). The lowest BCUT2D eigenvalue weighted by Gasteiger charge is -2.13. The second-order valence-electron chi connectivity index (χ2n) is 5.86. The first kappa shape index (κ1) is 17.0. The summed E-state index contributed by atoms with van der Waals surface area (Å²) in [6, 6.07) is 14.8. The zero-order valence-electron chi connectivity index (χ0n) is 13.7. The Bertz CT molecular complexity index is 761. The van der Waals surface area contributed by atoms with Crippen LogP contribution in [-0.2, 0) is 22.6 Å². The van der Waals surface area contributed by atoms with Gasteiger partial charge < -0.3 is 20.5 Å². The first-order chi connectivity index (χ1) is 12.1. The molecule has 130 valence electrons. The Morgan fingerprint density at radius 3 is 2.64 bits per heavy atom. The average Bonchev–Trinajstić information content (AvgIpc) is 3.12. The molecular formula is C19H20N2O4. The summed E-state index contributed by atoms with van der Waals surface area (Å²) in [5.41, 5.74) is 2.64. The first-order valence-electron chi connectivity index (χ1n) is 8.17. The molecule has 0 radical (unpaired) electrons. The fourth-order valence-corrected chi connectivity index (χ4v) is 2.66. The molecular weight excluding hydrogens is 320 g/mol. The Morgan fingerprint density at radius 2 is 1.84 bits per heavy atom. The number of carbonyl (C=O) groups is 2. The standard InChI is InChI=1S/C19H20N2O4/c22-16(14-6-7-17-15(10-14)8-9-25-17)12-21-19(24)18(23)20-11-13-4-2-1-3-5-13/h1-7,10,16,22H,8-9,11-12H2,(H,20,23)(H,21,24). The topological polar surface area (TPSA) is 87.7 Å². The highest BCUT2D eigenvalue weighted by Crippen LogP contribution is 2.27. The Morgan fingerprint density at radius 1 is 1.08 bits per heavy atom. The summed E-state index contributed by atoms with van der Waals surface area (Å²) in [4.78, 5) is 23.6. The third kappa shape index (κ3) is 4.36. The molecule has 2 aromatic carbocycles. The zero-order valence-corrected chi connectivity index (χ0v) is 13.7. The maximum Gasteiger partial charge on any atom is 0.309 e. The molecule has 0 aliphatic carbocycles. The van der Waals surface area contributed by atoms with Crippen molar-refractivity contribution in [2.24, 2.45) is 0 Å². The van der Waals surface area contributed by atoms with Crippen LogP contribution in [0.3, 0.4) is 0 Å². The fraction of sp³-hybridized carbons (Fsp3) is 0.263. The number of ether oxygens (including phenoxy) is 1. The van der Waals surface area contributed by atoms with Crippen LogP contribution >= 0.6 is 0 Å². The number of hydrogen-bond acceptors (Lipinski definition) is 4. The number of aliphatic hydroxyl groups excluding tert-OH is 1. The van der Waals surface area contributed by atoms with Gasteiger partial charge in [-0.15, -0.1) is 0 Å². The van der Waals surface area contributed by atoms with Crippen LogP contribution in [0.25, 0.3) is 0 Å². The summed E-state index contributed by atoms with van der Waals surface area (Å²) < 4.78 is 5.42.